The van der Waals surface area contributed by atoms with Gasteiger partial charge in [-0.25, -0.2) is 0 Å². The maximum absolute atomic E-state index is 13.0. The Hall–Kier alpha value is -3.97. The minimum atomic E-state index is -0.591. The van der Waals surface area contributed by atoms with Crippen LogP contribution in [0.1, 0.15) is 28.4 Å². The zero-order valence-electron chi connectivity index (χ0n) is 20.5. The Balaban J connectivity index is 1.38. The van der Waals surface area contributed by atoms with Crippen molar-refractivity contribution < 1.29 is 14.4 Å². The number of amides is 3. The lowest BCUT2D eigenvalue weighted by atomic mass is 9.95. The first-order valence-electron chi connectivity index (χ1n) is 12.2. The summed E-state index contributed by atoms with van der Waals surface area (Å²) in [5.74, 6) is -0.555. The first kappa shape index (κ1) is 23.8. The van der Waals surface area contributed by atoms with Gasteiger partial charge in [-0.2, -0.15) is 0 Å². The van der Waals surface area contributed by atoms with Crippen LogP contribution in [0.25, 0.3) is 21.9 Å². The molecular weight excluding hydrogens is 452 g/mol. The van der Waals surface area contributed by atoms with Gasteiger partial charge in [0, 0.05) is 57.3 Å². The fourth-order valence-electron chi connectivity index (χ4n) is 5.13. The summed E-state index contributed by atoms with van der Waals surface area (Å²) in [4.78, 5) is 41.9. The maximum Gasteiger partial charge on any atom is 0.254 e. The van der Waals surface area contributed by atoms with Crippen molar-refractivity contribution in [3.63, 3.8) is 0 Å². The number of carbonyl (C=O) groups is 3. The Labute approximate surface area is 210 Å². The number of piperazine rings is 1. The van der Waals surface area contributed by atoms with Crippen molar-refractivity contribution in [3.05, 3.63) is 83.4 Å². The van der Waals surface area contributed by atoms with E-state index >= 15 is 0 Å². The van der Waals surface area contributed by atoms with Crippen molar-refractivity contribution in [2.45, 2.75) is 20.0 Å². The van der Waals surface area contributed by atoms with Crippen LogP contribution in [0.5, 0.6) is 0 Å². The van der Waals surface area contributed by atoms with Crippen molar-refractivity contribution in [2.24, 2.45) is 5.73 Å². The lowest BCUT2D eigenvalue weighted by Gasteiger charge is -2.34. The van der Waals surface area contributed by atoms with Crippen molar-refractivity contribution in [1.82, 2.24) is 14.7 Å². The van der Waals surface area contributed by atoms with Gasteiger partial charge < -0.3 is 15.5 Å². The molecule has 0 aliphatic carbocycles. The summed E-state index contributed by atoms with van der Waals surface area (Å²) in [6.07, 6.45) is 0. The normalized spacial score (nSPS) is 15.9. The van der Waals surface area contributed by atoms with Crippen LogP contribution in [0.4, 0.5) is 0 Å². The van der Waals surface area contributed by atoms with Gasteiger partial charge in [0.1, 0.15) is 0 Å². The second-order valence-electron chi connectivity index (χ2n) is 9.64. The standard InChI is InChI=1S/C29H30N4O3/c1-19(28(30)35)16-33-18-27-25(29(33)36)9-8-22-6-7-24(15-26(22)27)23-5-3-4-21(14-23)17-31-10-12-32(13-11-31)20(2)34/h3-9,14-15H,1,10-13,16-18H2,2H3,(H2,30,35). The smallest absolute Gasteiger partial charge is 0.254 e. The zero-order valence-corrected chi connectivity index (χ0v) is 20.5. The van der Waals surface area contributed by atoms with E-state index in [4.69, 9.17) is 5.73 Å². The van der Waals surface area contributed by atoms with E-state index in [1.165, 1.54) is 5.56 Å². The largest absolute Gasteiger partial charge is 0.366 e. The minimum Gasteiger partial charge on any atom is -0.366 e. The number of rotatable bonds is 6. The van der Waals surface area contributed by atoms with Crippen molar-refractivity contribution in [2.75, 3.05) is 32.7 Å². The summed E-state index contributed by atoms with van der Waals surface area (Å²) >= 11 is 0. The molecule has 0 atom stereocenters. The predicted molar refractivity (Wildman–Crippen MR) is 140 cm³/mol. The van der Waals surface area contributed by atoms with Gasteiger partial charge in [-0.1, -0.05) is 43.0 Å². The molecular formula is C29H30N4O3. The van der Waals surface area contributed by atoms with E-state index in [1.807, 2.05) is 17.0 Å². The van der Waals surface area contributed by atoms with E-state index in [9.17, 15) is 14.4 Å². The molecule has 7 heteroatoms. The molecule has 184 valence electrons. The highest BCUT2D eigenvalue weighted by atomic mass is 16.2. The number of primary amides is 1. The van der Waals surface area contributed by atoms with E-state index in [0.717, 1.165) is 60.2 Å². The van der Waals surface area contributed by atoms with E-state index in [2.05, 4.69) is 53.9 Å². The number of nitrogens with zero attached hydrogens (tertiary/aromatic N) is 3. The molecule has 2 aliphatic heterocycles. The molecule has 2 heterocycles. The van der Waals surface area contributed by atoms with Crippen LogP contribution in [0.3, 0.4) is 0 Å². The van der Waals surface area contributed by atoms with Gasteiger partial charge in [-0.15, -0.1) is 0 Å². The van der Waals surface area contributed by atoms with E-state index < -0.39 is 5.91 Å². The molecule has 0 radical (unpaired) electrons. The molecule has 0 aromatic heterocycles. The third kappa shape index (κ3) is 4.62. The summed E-state index contributed by atoms with van der Waals surface area (Å²) in [7, 11) is 0. The fraction of sp³-hybridized carbons (Fsp3) is 0.276. The van der Waals surface area contributed by atoms with Crippen molar-refractivity contribution in [3.8, 4) is 11.1 Å². The molecule has 36 heavy (non-hydrogen) atoms. The monoisotopic (exact) mass is 482 g/mol. The van der Waals surface area contributed by atoms with E-state index in [-0.39, 0.29) is 23.9 Å². The van der Waals surface area contributed by atoms with Crippen LogP contribution in [0.2, 0.25) is 0 Å². The summed E-state index contributed by atoms with van der Waals surface area (Å²) < 4.78 is 0. The molecule has 1 fully saturated rings. The molecule has 0 saturated carbocycles. The number of nitrogens with two attached hydrogens (primary N) is 1. The van der Waals surface area contributed by atoms with Crippen LogP contribution in [0, 0.1) is 0 Å². The number of hydrogen-bond donors (Lipinski definition) is 1. The Morgan fingerprint density at radius 3 is 2.42 bits per heavy atom. The van der Waals surface area contributed by atoms with Crippen LogP contribution in [-0.4, -0.2) is 65.1 Å². The molecule has 2 N–H and O–H groups in total. The maximum atomic E-state index is 13.0. The zero-order chi connectivity index (χ0) is 25.4. The Bertz CT molecular complexity index is 1390. The number of fused-ring (bicyclic) bond motifs is 3. The number of carbonyl (C=O) groups excluding carboxylic acids is 3. The van der Waals surface area contributed by atoms with Crippen molar-refractivity contribution >= 4 is 28.5 Å². The van der Waals surface area contributed by atoms with Gasteiger partial charge in [0.2, 0.25) is 11.8 Å². The summed E-state index contributed by atoms with van der Waals surface area (Å²) in [6, 6.07) is 18.7. The fourth-order valence-corrected chi connectivity index (χ4v) is 5.13. The van der Waals surface area contributed by atoms with Crippen LogP contribution < -0.4 is 5.73 Å². The molecule has 7 nitrogen and oxygen atoms in total. The highest BCUT2D eigenvalue weighted by Gasteiger charge is 2.29. The molecule has 0 bridgehead atoms. The quantitative estimate of drug-likeness (QED) is 0.547. The first-order valence-corrected chi connectivity index (χ1v) is 12.2. The van der Waals surface area contributed by atoms with Crippen LogP contribution >= 0.6 is 0 Å². The highest BCUT2D eigenvalue weighted by molar-refractivity contribution is 6.05. The molecule has 1 saturated heterocycles. The average Bonchev–Trinajstić information content (AvgIpc) is 3.19. The second-order valence-corrected chi connectivity index (χ2v) is 9.64. The van der Waals surface area contributed by atoms with Crippen LogP contribution in [-0.2, 0) is 22.7 Å². The Kier molecular flexibility index (Phi) is 6.33. The van der Waals surface area contributed by atoms with Gasteiger partial charge in [0.15, 0.2) is 0 Å². The third-order valence-corrected chi connectivity index (χ3v) is 7.21. The predicted octanol–water partition coefficient (Wildman–Crippen LogP) is 3.17. The molecule has 5 rings (SSSR count). The minimum absolute atomic E-state index is 0.105. The molecule has 0 unspecified atom stereocenters. The van der Waals surface area contributed by atoms with Crippen LogP contribution in [0.15, 0.2) is 66.7 Å². The van der Waals surface area contributed by atoms with Gasteiger partial charge >= 0.3 is 0 Å². The summed E-state index contributed by atoms with van der Waals surface area (Å²) in [5.41, 5.74) is 10.6. The SMILES string of the molecule is C=C(CN1Cc2c(ccc3ccc(-c4cccc(CN5CCN(C(C)=O)CC5)c4)cc23)C1=O)C(N)=O. The third-order valence-electron chi connectivity index (χ3n) is 7.21. The first-order chi connectivity index (χ1) is 17.3. The topological polar surface area (TPSA) is 86.9 Å². The Morgan fingerprint density at radius 2 is 1.69 bits per heavy atom. The van der Waals surface area contributed by atoms with Gasteiger partial charge in [-0.3, -0.25) is 19.3 Å². The van der Waals surface area contributed by atoms with Gasteiger partial charge in [0.05, 0.1) is 6.54 Å². The second kappa shape index (κ2) is 9.59. The average molecular weight is 483 g/mol. The summed E-state index contributed by atoms with van der Waals surface area (Å²) in [6.45, 7) is 10.0. The lowest BCUT2D eigenvalue weighted by Crippen LogP contribution is -2.47. The molecule has 3 aromatic carbocycles. The molecule has 3 amide bonds. The van der Waals surface area contributed by atoms with Crippen molar-refractivity contribution in [1.29, 1.82) is 0 Å². The van der Waals surface area contributed by atoms with Gasteiger partial charge in [-0.05, 0) is 51.2 Å². The highest BCUT2D eigenvalue weighted by Crippen LogP contribution is 2.33. The van der Waals surface area contributed by atoms with Gasteiger partial charge in [0.25, 0.3) is 5.91 Å². The molecule has 3 aromatic rings. The lowest BCUT2D eigenvalue weighted by molar-refractivity contribution is -0.130. The molecule has 2 aliphatic rings. The van der Waals surface area contributed by atoms with E-state index in [1.54, 1.807) is 11.8 Å². The number of hydrogen-bond acceptors (Lipinski definition) is 4. The molecule has 0 spiro atoms. The number of benzene rings is 3. The van der Waals surface area contributed by atoms with E-state index in [0.29, 0.717) is 12.1 Å². The summed E-state index contributed by atoms with van der Waals surface area (Å²) in [5, 5.41) is 2.11. The Morgan fingerprint density at radius 1 is 0.972 bits per heavy atom.